The highest BCUT2D eigenvalue weighted by atomic mass is 79.9. The first-order chi connectivity index (χ1) is 9.40. The molecule has 2 aromatic rings. The van der Waals surface area contributed by atoms with Gasteiger partial charge in [0.2, 0.25) is 0 Å². The fraction of sp³-hybridized carbons (Fsp3) is 0. The summed E-state index contributed by atoms with van der Waals surface area (Å²) in [7, 11) is 0. The Kier molecular flexibility index (Phi) is 3.75. The quantitative estimate of drug-likeness (QED) is 0.685. The molecule has 6 nitrogen and oxygen atoms in total. The van der Waals surface area contributed by atoms with E-state index in [1.807, 2.05) is 0 Å². The van der Waals surface area contributed by atoms with E-state index in [9.17, 15) is 14.0 Å². The van der Waals surface area contributed by atoms with E-state index in [-0.39, 0.29) is 21.4 Å². The normalized spacial score (nSPS) is 10.3. The summed E-state index contributed by atoms with van der Waals surface area (Å²) in [5, 5.41) is 2.23. The standard InChI is InChI=1S/C12H10BrFN4O2/c13-7-3-1-2-5(9(7)14)8-4-6(10(15)19)11(17-8)18-12(16)20/h1-4,17H,(H2,15,19)(H3,16,18,20). The molecule has 0 saturated carbocycles. The van der Waals surface area contributed by atoms with Crippen LogP contribution in [0.2, 0.25) is 0 Å². The number of hydrogen-bond acceptors (Lipinski definition) is 2. The van der Waals surface area contributed by atoms with Crippen molar-refractivity contribution in [3.8, 4) is 11.3 Å². The maximum absolute atomic E-state index is 14.0. The number of rotatable bonds is 3. The Morgan fingerprint density at radius 3 is 2.60 bits per heavy atom. The topological polar surface area (TPSA) is 114 Å². The Bertz CT molecular complexity index is 699. The minimum absolute atomic E-state index is 0.0122. The molecule has 2 rings (SSSR count). The van der Waals surface area contributed by atoms with Crippen molar-refractivity contribution in [3.63, 3.8) is 0 Å². The van der Waals surface area contributed by atoms with Crippen LogP contribution in [-0.4, -0.2) is 16.9 Å². The van der Waals surface area contributed by atoms with Crippen LogP contribution in [0.15, 0.2) is 28.7 Å². The molecule has 0 aliphatic heterocycles. The smallest absolute Gasteiger partial charge is 0.317 e. The molecule has 6 N–H and O–H groups in total. The second kappa shape index (κ2) is 5.33. The van der Waals surface area contributed by atoms with Crippen LogP contribution in [0.3, 0.4) is 0 Å². The molecule has 3 amide bonds. The van der Waals surface area contributed by atoms with E-state index in [4.69, 9.17) is 11.5 Å². The van der Waals surface area contributed by atoms with Gasteiger partial charge < -0.3 is 16.5 Å². The summed E-state index contributed by atoms with van der Waals surface area (Å²) in [5.74, 6) is -1.25. The molecular weight excluding hydrogens is 331 g/mol. The minimum atomic E-state index is -0.865. The Morgan fingerprint density at radius 1 is 1.30 bits per heavy atom. The van der Waals surface area contributed by atoms with Crippen molar-refractivity contribution >= 4 is 33.7 Å². The summed E-state index contributed by atoms with van der Waals surface area (Å²) in [6, 6.07) is 5.17. The number of primary amides is 2. The molecule has 104 valence electrons. The molecule has 0 aliphatic rings. The van der Waals surface area contributed by atoms with E-state index in [0.717, 1.165) is 0 Å². The molecule has 1 heterocycles. The number of anilines is 1. The van der Waals surface area contributed by atoms with Crippen molar-refractivity contribution < 1.29 is 14.0 Å². The van der Waals surface area contributed by atoms with Crippen LogP contribution in [-0.2, 0) is 0 Å². The average Bonchev–Trinajstić information content (AvgIpc) is 2.75. The summed E-state index contributed by atoms with van der Waals surface area (Å²) in [5.41, 5.74) is 10.7. The average molecular weight is 341 g/mol. The fourth-order valence-electron chi connectivity index (χ4n) is 1.73. The second-order valence-electron chi connectivity index (χ2n) is 3.93. The van der Waals surface area contributed by atoms with Crippen LogP contribution < -0.4 is 16.8 Å². The molecule has 0 atom stereocenters. The van der Waals surface area contributed by atoms with Gasteiger partial charge in [0.05, 0.1) is 15.7 Å². The number of hydrogen-bond donors (Lipinski definition) is 4. The number of nitrogens with two attached hydrogens (primary N) is 2. The number of H-pyrrole nitrogens is 1. The van der Waals surface area contributed by atoms with Gasteiger partial charge in [0.15, 0.2) is 0 Å². The number of nitrogens with one attached hydrogen (secondary N) is 2. The Morgan fingerprint density at radius 2 is 2.00 bits per heavy atom. The largest absolute Gasteiger partial charge is 0.365 e. The number of aromatic nitrogens is 1. The Balaban J connectivity index is 2.55. The predicted molar refractivity (Wildman–Crippen MR) is 75.6 cm³/mol. The van der Waals surface area contributed by atoms with E-state index >= 15 is 0 Å². The number of aromatic amines is 1. The highest BCUT2D eigenvalue weighted by Crippen LogP contribution is 2.30. The monoisotopic (exact) mass is 340 g/mol. The molecule has 1 aromatic heterocycles. The van der Waals surface area contributed by atoms with Crippen LogP contribution in [0.5, 0.6) is 0 Å². The highest BCUT2D eigenvalue weighted by molar-refractivity contribution is 9.10. The maximum atomic E-state index is 14.0. The third kappa shape index (κ3) is 2.64. The first-order valence-corrected chi connectivity index (χ1v) is 6.23. The van der Waals surface area contributed by atoms with Gasteiger partial charge in [-0.05, 0) is 34.1 Å². The van der Waals surface area contributed by atoms with Gasteiger partial charge in [0, 0.05) is 5.56 Å². The van der Waals surface area contributed by atoms with Crippen molar-refractivity contribution in [3.05, 3.63) is 40.1 Å². The number of benzene rings is 1. The van der Waals surface area contributed by atoms with Crippen molar-refractivity contribution in [1.29, 1.82) is 0 Å². The number of amides is 3. The van der Waals surface area contributed by atoms with Crippen molar-refractivity contribution in [2.24, 2.45) is 11.5 Å². The van der Waals surface area contributed by atoms with Crippen LogP contribution in [0.1, 0.15) is 10.4 Å². The van der Waals surface area contributed by atoms with Crippen LogP contribution in [0.25, 0.3) is 11.3 Å². The van der Waals surface area contributed by atoms with Gasteiger partial charge in [-0.1, -0.05) is 6.07 Å². The van der Waals surface area contributed by atoms with Gasteiger partial charge in [0.25, 0.3) is 5.91 Å². The van der Waals surface area contributed by atoms with E-state index < -0.39 is 17.8 Å². The Labute approximate surface area is 121 Å². The third-order valence-corrected chi connectivity index (χ3v) is 3.19. The van der Waals surface area contributed by atoms with Crippen molar-refractivity contribution in [1.82, 2.24) is 4.98 Å². The lowest BCUT2D eigenvalue weighted by Gasteiger charge is -2.02. The summed E-state index contributed by atoms with van der Waals surface area (Å²) in [4.78, 5) is 24.9. The SMILES string of the molecule is NC(=O)Nc1[nH]c(-c2cccc(Br)c2F)cc1C(N)=O. The molecule has 0 aliphatic carbocycles. The lowest BCUT2D eigenvalue weighted by Crippen LogP contribution is -2.22. The van der Waals surface area contributed by atoms with E-state index in [1.54, 1.807) is 12.1 Å². The minimum Gasteiger partial charge on any atom is -0.365 e. The zero-order chi connectivity index (χ0) is 14.9. The molecule has 0 radical (unpaired) electrons. The zero-order valence-electron chi connectivity index (χ0n) is 10.0. The van der Waals surface area contributed by atoms with Crippen molar-refractivity contribution in [2.45, 2.75) is 0 Å². The van der Waals surface area contributed by atoms with Crippen LogP contribution >= 0.6 is 15.9 Å². The first kappa shape index (κ1) is 14.1. The van der Waals surface area contributed by atoms with E-state index in [0.29, 0.717) is 5.69 Å². The number of carbonyl (C=O) groups excluding carboxylic acids is 2. The number of carbonyl (C=O) groups is 2. The molecule has 8 heteroatoms. The zero-order valence-corrected chi connectivity index (χ0v) is 11.6. The molecule has 0 spiro atoms. The summed E-state index contributed by atoms with van der Waals surface area (Å²) in [6.45, 7) is 0. The number of halogens is 2. The molecular formula is C12H10BrFN4O2. The van der Waals surface area contributed by atoms with Gasteiger partial charge in [0.1, 0.15) is 11.6 Å². The molecule has 0 unspecified atom stereocenters. The summed E-state index contributed by atoms with van der Waals surface area (Å²) < 4.78 is 14.3. The lowest BCUT2D eigenvalue weighted by molar-refractivity contribution is 0.100. The third-order valence-electron chi connectivity index (χ3n) is 2.57. The van der Waals surface area contributed by atoms with Gasteiger partial charge in [-0.3, -0.25) is 10.1 Å². The lowest BCUT2D eigenvalue weighted by atomic mass is 10.1. The fourth-order valence-corrected chi connectivity index (χ4v) is 2.09. The molecule has 0 saturated heterocycles. The maximum Gasteiger partial charge on any atom is 0.317 e. The molecule has 0 fully saturated rings. The first-order valence-electron chi connectivity index (χ1n) is 5.43. The van der Waals surface area contributed by atoms with Crippen LogP contribution in [0.4, 0.5) is 15.0 Å². The summed E-state index contributed by atoms with van der Waals surface area (Å²) >= 11 is 3.07. The van der Waals surface area contributed by atoms with Gasteiger partial charge >= 0.3 is 6.03 Å². The molecule has 1 aromatic carbocycles. The van der Waals surface area contributed by atoms with Gasteiger partial charge in [-0.15, -0.1) is 0 Å². The predicted octanol–water partition coefficient (Wildman–Crippen LogP) is 2.17. The summed E-state index contributed by atoms with van der Waals surface area (Å²) in [6.07, 6.45) is 0. The van der Waals surface area contributed by atoms with Crippen molar-refractivity contribution in [2.75, 3.05) is 5.32 Å². The van der Waals surface area contributed by atoms with E-state index in [1.165, 1.54) is 12.1 Å². The number of urea groups is 1. The second-order valence-corrected chi connectivity index (χ2v) is 4.78. The van der Waals surface area contributed by atoms with Crippen LogP contribution in [0, 0.1) is 5.82 Å². The molecule has 20 heavy (non-hydrogen) atoms. The van der Waals surface area contributed by atoms with Gasteiger partial charge in [-0.25, -0.2) is 9.18 Å². The molecule has 0 bridgehead atoms. The van der Waals surface area contributed by atoms with E-state index in [2.05, 4.69) is 26.2 Å². The highest BCUT2D eigenvalue weighted by Gasteiger charge is 2.17. The Hall–Kier alpha value is -2.35. The van der Waals surface area contributed by atoms with Gasteiger partial charge in [-0.2, -0.15) is 0 Å².